The second-order valence-corrected chi connectivity index (χ2v) is 9.49. The number of nitrogens with zero attached hydrogens (tertiary/aromatic N) is 7. The second kappa shape index (κ2) is 9.23. The fourth-order valence-electron chi connectivity index (χ4n) is 4.32. The van der Waals surface area contributed by atoms with Crippen LogP contribution in [-0.2, 0) is 6.54 Å². The minimum absolute atomic E-state index is 0.229. The van der Waals surface area contributed by atoms with Crippen molar-refractivity contribution in [2.24, 2.45) is 0 Å². The van der Waals surface area contributed by atoms with E-state index in [1.54, 1.807) is 6.20 Å². The van der Waals surface area contributed by atoms with E-state index < -0.39 is 0 Å². The van der Waals surface area contributed by atoms with Crippen LogP contribution >= 0.6 is 11.3 Å². The first kappa shape index (κ1) is 22.0. The fourth-order valence-corrected chi connectivity index (χ4v) is 4.93. The summed E-state index contributed by atoms with van der Waals surface area (Å²) >= 11 is 1.31. The van der Waals surface area contributed by atoms with Crippen molar-refractivity contribution >= 4 is 28.2 Å². The summed E-state index contributed by atoms with van der Waals surface area (Å²) in [7, 11) is 0. The highest BCUT2D eigenvalue weighted by atomic mass is 32.1. The summed E-state index contributed by atoms with van der Waals surface area (Å²) in [6, 6.07) is 11.1. The first-order valence-corrected chi connectivity index (χ1v) is 12.2. The highest BCUT2D eigenvalue weighted by Gasteiger charge is 2.29. The largest absolute Gasteiger partial charge is 0.334 e. The number of aromatic nitrogens is 5. The molecule has 0 aliphatic carbocycles. The van der Waals surface area contributed by atoms with E-state index in [9.17, 15) is 5.26 Å². The van der Waals surface area contributed by atoms with Crippen LogP contribution in [0.2, 0.25) is 0 Å². The summed E-state index contributed by atoms with van der Waals surface area (Å²) in [6.45, 7) is 7.86. The third-order valence-corrected chi connectivity index (χ3v) is 7.00. The van der Waals surface area contributed by atoms with Gasteiger partial charge in [0.25, 0.3) is 0 Å². The Morgan fingerprint density at radius 2 is 2.00 bits per heavy atom. The Bertz CT molecular complexity index is 1350. The number of hydrogen-bond donors (Lipinski definition) is 1. The molecule has 1 N–H and O–H groups in total. The predicted octanol–water partition coefficient (Wildman–Crippen LogP) is 5.39. The van der Waals surface area contributed by atoms with Gasteiger partial charge in [0, 0.05) is 30.4 Å². The third kappa shape index (κ3) is 4.24. The van der Waals surface area contributed by atoms with Crippen LogP contribution in [0.4, 0.5) is 16.9 Å². The van der Waals surface area contributed by atoms with Gasteiger partial charge >= 0.3 is 0 Å². The molecule has 9 heteroatoms. The molecule has 5 rings (SSSR count). The van der Waals surface area contributed by atoms with E-state index in [2.05, 4.69) is 64.5 Å². The first-order valence-electron chi connectivity index (χ1n) is 11.4. The van der Waals surface area contributed by atoms with Gasteiger partial charge in [-0.3, -0.25) is 4.68 Å². The van der Waals surface area contributed by atoms with Gasteiger partial charge in [0.05, 0.1) is 24.1 Å². The quantitative estimate of drug-likeness (QED) is 0.404. The monoisotopic (exact) mass is 470 g/mol. The van der Waals surface area contributed by atoms with Crippen molar-refractivity contribution in [1.82, 2.24) is 24.7 Å². The van der Waals surface area contributed by atoms with Crippen molar-refractivity contribution < 1.29 is 0 Å². The number of anilines is 3. The van der Waals surface area contributed by atoms with Crippen LogP contribution in [0.25, 0.3) is 11.3 Å². The molecule has 1 aliphatic rings. The highest BCUT2D eigenvalue weighted by molar-refractivity contribution is 7.16. The summed E-state index contributed by atoms with van der Waals surface area (Å²) in [5.74, 6) is 1.38. The Morgan fingerprint density at radius 3 is 2.71 bits per heavy atom. The third-order valence-electron chi connectivity index (χ3n) is 6.18. The molecule has 0 bridgehead atoms. The molecule has 1 saturated heterocycles. The number of benzene rings is 1. The summed E-state index contributed by atoms with van der Waals surface area (Å²) < 4.78 is 1.90. The van der Waals surface area contributed by atoms with Gasteiger partial charge in [-0.2, -0.15) is 15.3 Å². The molecule has 1 unspecified atom stereocenters. The zero-order valence-electron chi connectivity index (χ0n) is 19.5. The van der Waals surface area contributed by atoms with Crippen molar-refractivity contribution in [2.45, 2.75) is 46.2 Å². The molecule has 1 aromatic carbocycles. The summed E-state index contributed by atoms with van der Waals surface area (Å²) in [6.07, 6.45) is 7.58. The summed E-state index contributed by atoms with van der Waals surface area (Å²) in [5.41, 5.74) is 5.24. The average molecular weight is 471 g/mol. The number of thiazole rings is 1. The first-order chi connectivity index (χ1) is 16.6. The Morgan fingerprint density at radius 1 is 1.18 bits per heavy atom. The molecule has 8 nitrogen and oxygen atoms in total. The van der Waals surface area contributed by atoms with Crippen LogP contribution in [-0.4, -0.2) is 31.3 Å². The van der Waals surface area contributed by atoms with Gasteiger partial charge in [0.2, 0.25) is 5.95 Å². The van der Waals surface area contributed by atoms with Crippen LogP contribution in [0.5, 0.6) is 0 Å². The van der Waals surface area contributed by atoms with Crippen LogP contribution in [0.1, 0.15) is 47.4 Å². The molecule has 0 spiro atoms. The maximum Gasteiger partial charge on any atom is 0.228 e. The molecular formula is C25H26N8S. The van der Waals surface area contributed by atoms with E-state index in [-0.39, 0.29) is 6.04 Å². The van der Waals surface area contributed by atoms with Gasteiger partial charge < -0.3 is 10.2 Å². The van der Waals surface area contributed by atoms with Crippen molar-refractivity contribution in [2.75, 3.05) is 16.8 Å². The minimum atomic E-state index is 0.229. The van der Waals surface area contributed by atoms with Gasteiger partial charge in [-0.1, -0.05) is 41.2 Å². The van der Waals surface area contributed by atoms with Crippen LogP contribution in [0.15, 0.2) is 42.9 Å². The molecule has 1 aliphatic heterocycles. The lowest BCUT2D eigenvalue weighted by molar-refractivity contribution is 0.660. The summed E-state index contributed by atoms with van der Waals surface area (Å²) in [4.78, 5) is 17.2. The van der Waals surface area contributed by atoms with Crippen LogP contribution < -0.4 is 10.2 Å². The zero-order chi connectivity index (χ0) is 23.7. The SMILES string of the molecule is CCn1cc(-c2nc(N3CCCC3c3ccc(C)cc3)nc(Nc3ncc(C#N)s3)c2C)cn1. The second-order valence-electron chi connectivity index (χ2n) is 8.46. The molecule has 34 heavy (non-hydrogen) atoms. The fraction of sp³-hybridized carbons (Fsp3) is 0.320. The molecule has 4 heterocycles. The van der Waals surface area contributed by atoms with Crippen LogP contribution in [0.3, 0.4) is 0 Å². The molecular weight excluding hydrogens is 444 g/mol. The molecule has 172 valence electrons. The van der Waals surface area contributed by atoms with Crippen molar-refractivity contribution in [3.05, 3.63) is 64.4 Å². The Kier molecular flexibility index (Phi) is 5.99. The van der Waals surface area contributed by atoms with Crippen molar-refractivity contribution in [3.8, 4) is 17.3 Å². The van der Waals surface area contributed by atoms with Gasteiger partial charge in [0.1, 0.15) is 16.8 Å². The average Bonchev–Trinajstić information content (AvgIpc) is 3.61. The highest BCUT2D eigenvalue weighted by Crippen LogP contribution is 2.38. The molecule has 0 radical (unpaired) electrons. The van der Waals surface area contributed by atoms with E-state index in [4.69, 9.17) is 9.97 Å². The number of rotatable bonds is 6. The van der Waals surface area contributed by atoms with Crippen molar-refractivity contribution in [3.63, 3.8) is 0 Å². The van der Waals surface area contributed by atoms with E-state index in [0.717, 1.165) is 42.8 Å². The van der Waals surface area contributed by atoms with E-state index in [0.29, 0.717) is 21.8 Å². The standard InChI is InChI=1S/C25H26N8S/c1-4-32-15-19(13-28-32)22-17(3)23(31-25-27-14-20(12-26)34-25)30-24(29-22)33-11-5-6-21(33)18-9-7-16(2)8-10-18/h7-10,13-15,21H,4-6,11H2,1-3H3,(H,27,29,30,31). The van der Waals surface area contributed by atoms with Gasteiger partial charge in [-0.05, 0) is 39.2 Å². The topological polar surface area (TPSA) is 95.5 Å². The predicted molar refractivity (Wildman–Crippen MR) is 134 cm³/mol. The minimum Gasteiger partial charge on any atom is -0.334 e. The van der Waals surface area contributed by atoms with Gasteiger partial charge in [-0.25, -0.2) is 9.97 Å². The Balaban J connectivity index is 1.58. The van der Waals surface area contributed by atoms with Gasteiger partial charge in [-0.15, -0.1) is 0 Å². The Labute approximate surface area is 202 Å². The smallest absolute Gasteiger partial charge is 0.228 e. The maximum atomic E-state index is 9.18. The Hall–Kier alpha value is -3.77. The zero-order valence-corrected chi connectivity index (χ0v) is 20.3. The molecule has 0 saturated carbocycles. The molecule has 1 fully saturated rings. The molecule has 4 aromatic rings. The number of aryl methyl sites for hydroxylation is 2. The maximum absolute atomic E-state index is 9.18. The number of nitriles is 1. The molecule has 3 aromatic heterocycles. The lowest BCUT2D eigenvalue weighted by Crippen LogP contribution is -2.25. The molecule has 0 amide bonds. The number of hydrogen-bond acceptors (Lipinski definition) is 8. The van der Waals surface area contributed by atoms with Crippen LogP contribution in [0, 0.1) is 25.2 Å². The lowest BCUT2D eigenvalue weighted by Gasteiger charge is -2.26. The number of nitrogens with one attached hydrogen (secondary N) is 1. The van der Waals surface area contributed by atoms with E-state index >= 15 is 0 Å². The van der Waals surface area contributed by atoms with E-state index in [1.165, 1.54) is 22.5 Å². The van der Waals surface area contributed by atoms with Gasteiger partial charge in [0.15, 0.2) is 5.13 Å². The normalized spacial score (nSPS) is 15.5. The van der Waals surface area contributed by atoms with E-state index in [1.807, 2.05) is 24.0 Å². The molecule has 1 atom stereocenters. The summed E-state index contributed by atoms with van der Waals surface area (Å²) in [5, 5.41) is 17.6. The van der Waals surface area contributed by atoms with Crippen molar-refractivity contribution in [1.29, 1.82) is 5.26 Å². The lowest BCUT2D eigenvalue weighted by atomic mass is 10.0.